The fourth-order valence-electron chi connectivity index (χ4n) is 3.34. The van der Waals surface area contributed by atoms with Gasteiger partial charge in [-0.25, -0.2) is 4.79 Å². The van der Waals surface area contributed by atoms with E-state index in [1.165, 1.54) is 0 Å². The third-order valence-electron chi connectivity index (χ3n) is 4.95. The summed E-state index contributed by atoms with van der Waals surface area (Å²) in [4.78, 5) is 38.4. The molecule has 0 bridgehead atoms. The number of benzene rings is 1. The summed E-state index contributed by atoms with van der Waals surface area (Å²) < 4.78 is 5.12. The number of amides is 4. The molecule has 2 aliphatic rings. The zero-order chi connectivity index (χ0) is 18.7. The number of piperidine rings is 1. The average molecular weight is 360 g/mol. The summed E-state index contributed by atoms with van der Waals surface area (Å²) in [5, 5.41) is 8.82. The number of nitrogens with one attached hydrogen (secondary N) is 3. The molecule has 1 unspecified atom stereocenters. The van der Waals surface area contributed by atoms with Crippen molar-refractivity contribution < 1.29 is 19.1 Å². The second kappa shape index (κ2) is 7.33. The van der Waals surface area contributed by atoms with Crippen LogP contribution in [0.25, 0.3) is 0 Å². The Labute approximate surface area is 152 Å². The molecule has 1 aromatic carbocycles. The lowest BCUT2D eigenvalue weighted by atomic mass is 9.92. The number of nitrogens with zero attached hydrogens (tertiary/aromatic N) is 1. The molecule has 140 valence electrons. The number of urea groups is 1. The van der Waals surface area contributed by atoms with Crippen molar-refractivity contribution >= 4 is 17.8 Å². The van der Waals surface area contributed by atoms with Crippen molar-refractivity contribution in [1.29, 1.82) is 0 Å². The minimum Gasteiger partial charge on any atom is -0.497 e. The first kappa shape index (κ1) is 18.2. The zero-order valence-electron chi connectivity index (χ0n) is 15.0. The first-order chi connectivity index (χ1) is 12.4. The van der Waals surface area contributed by atoms with E-state index in [4.69, 9.17) is 4.74 Å². The molecule has 1 atom stereocenters. The molecule has 8 nitrogen and oxygen atoms in total. The fourth-order valence-corrected chi connectivity index (χ4v) is 3.34. The van der Waals surface area contributed by atoms with Gasteiger partial charge in [0.05, 0.1) is 7.11 Å². The maximum absolute atomic E-state index is 12.8. The Morgan fingerprint density at radius 2 is 1.92 bits per heavy atom. The Morgan fingerprint density at radius 1 is 1.27 bits per heavy atom. The molecule has 0 radical (unpaired) electrons. The van der Waals surface area contributed by atoms with E-state index in [2.05, 4.69) is 16.0 Å². The Morgan fingerprint density at radius 3 is 2.54 bits per heavy atom. The van der Waals surface area contributed by atoms with Gasteiger partial charge in [0.15, 0.2) is 0 Å². The molecule has 2 heterocycles. The van der Waals surface area contributed by atoms with E-state index >= 15 is 0 Å². The Hall–Kier alpha value is -2.61. The van der Waals surface area contributed by atoms with Gasteiger partial charge in [-0.1, -0.05) is 12.1 Å². The van der Waals surface area contributed by atoms with Crippen LogP contribution < -0.4 is 20.7 Å². The topological polar surface area (TPSA) is 99.8 Å². The summed E-state index contributed by atoms with van der Waals surface area (Å²) in [5.41, 5.74) is -0.559. The molecule has 2 aliphatic heterocycles. The zero-order valence-corrected chi connectivity index (χ0v) is 15.0. The minimum atomic E-state index is -1.20. The van der Waals surface area contributed by atoms with Crippen molar-refractivity contribution in [2.45, 2.75) is 31.3 Å². The van der Waals surface area contributed by atoms with Crippen LogP contribution in [0.3, 0.4) is 0 Å². The number of hydrogen-bond donors (Lipinski definition) is 3. The van der Waals surface area contributed by atoms with Gasteiger partial charge in [0.1, 0.15) is 17.8 Å². The van der Waals surface area contributed by atoms with Gasteiger partial charge in [-0.15, -0.1) is 0 Å². The molecule has 0 saturated carbocycles. The lowest BCUT2D eigenvalue weighted by Gasteiger charge is -2.25. The van der Waals surface area contributed by atoms with Crippen molar-refractivity contribution in [1.82, 2.24) is 20.9 Å². The maximum atomic E-state index is 12.8. The molecule has 0 spiro atoms. The van der Waals surface area contributed by atoms with Crippen LogP contribution in [0.2, 0.25) is 0 Å². The van der Waals surface area contributed by atoms with E-state index in [-0.39, 0.29) is 18.5 Å². The second-order valence-electron chi connectivity index (χ2n) is 6.77. The van der Waals surface area contributed by atoms with Crippen LogP contribution in [-0.4, -0.2) is 55.5 Å². The number of carbonyl (C=O) groups is 3. The average Bonchev–Trinajstić information content (AvgIpc) is 2.86. The van der Waals surface area contributed by atoms with Crippen molar-refractivity contribution in [3.8, 4) is 5.75 Å². The molecule has 2 saturated heterocycles. The smallest absolute Gasteiger partial charge is 0.325 e. The van der Waals surface area contributed by atoms with Crippen LogP contribution in [-0.2, 0) is 15.1 Å². The molecule has 3 rings (SSSR count). The van der Waals surface area contributed by atoms with E-state index in [9.17, 15) is 14.4 Å². The number of carbonyl (C=O) groups excluding carboxylic acids is 3. The van der Waals surface area contributed by atoms with Gasteiger partial charge >= 0.3 is 6.03 Å². The number of hydrogen-bond acceptors (Lipinski definition) is 5. The molecule has 3 N–H and O–H groups in total. The highest BCUT2D eigenvalue weighted by molar-refractivity contribution is 6.09. The third-order valence-corrected chi connectivity index (χ3v) is 4.95. The molecular weight excluding hydrogens is 336 g/mol. The highest BCUT2D eigenvalue weighted by atomic mass is 16.5. The van der Waals surface area contributed by atoms with Crippen LogP contribution >= 0.6 is 0 Å². The molecular formula is C18H24N4O4. The highest BCUT2D eigenvalue weighted by Gasteiger charge is 2.49. The van der Waals surface area contributed by atoms with Gasteiger partial charge in [0.2, 0.25) is 5.91 Å². The predicted molar refractivity (Wildman–Crippen MR) is 94.6 cm³/mol. The third kappa shape index (κ3) is 3.50. The first-order valence-corrected chi connectivity index (χ1v) is 8.73. The van der Waals surface area contributed by atoms with Crippen molar-refractivity contribution in [3.63, 3.8) is 0 Å². The summed E-state index contributed by atoms with van der Waals surface area (Å²) >= 11 is 0. The lowest BCUT2D eigenvalue weighted by molar-refractivity contribution is -0.135. The maximum Gasteiger partial charge on any atom is 0.325 e. The number of ether oxygens (including phenoxy) is 1. The van der Waals surface area contributed by atoms with E-state index in [1.807, 2.05) is 0 Å². The van der Waals surface area contributed by atoms with E-state index in [0.717, 1.165) is 30.8 Å². The van der Waals surface area contributed by atoms with Crippen LogP contribution in [0.15, 0.2) is 24.3 Å². The van der Waals surface area contributed by atoms with Crippen LogP contribution in [0.1, 0.15) is 25.3 Å². The monoisotopic (exact) mass is 360 g/mol. The Balaban J connectivity index is 1.68. The van der Waals surface area contributed by atoms with Crippen LogP contribution in [0, 0.1) is 0 Å². The second-order valence-corrected chi connectivity index (χ2v) is 6.77. The van der Waals surface area contributed by atoms with E-state index < -0.39 is 17.5 Å². The van der Waals surface area contributed by atoms with Crippen LogP contribution in [0.5, 0.6) is 5.75 Å². The largest absolute Gasteiger partial charge is 0.497 e. The summed E-state index contributed by atoms with van der Waals surface area (Å²) in [6, 6.07) is 6.44. The standard InChI is InChI=1S/C18H24N4O4/c1-18(12-3-5-14(26-2)6-4-12)16(24)22(17(25)21-18)11-15(23)20-13-7-9-19-10-8-13/h3-6,13,19H,7-11H2,1-2H3,(H,20,23)(H,21,25). The molecule has 2 fully saturated rings. The molecule has 26 heavy (non-hydrogen) atoms. The number of methoxy groups -OCH3 is 1. The van der Waals surface area contributed by atoms with Crippen molar-refractivity contribution in [2.75, 3.05) is 26.7 Å². The highest BCUT2D eigenvalue weighted by Crippen LogP contribution is 2.29. The number of imide groups is 1. The molecule has 1 aromatic rings. The molecule has 0 aliphatic carbocycles. The van der Waals surface area contributed by atoms with Crippen molar-refractivity contribution in [3.05, 3.63) is 29.8 Å². The minimum absolute atomic E-state index is 0.0810. The quantitative estimate of drug-likeness (QED) is 0.657. The Kier molecular flexibility index (Phi) is 5.13. The first-order valence-electron chi connectivity index (χ1n) is 8.73. The normalized spacial score (nSPS) is 23.7. The van der Waals surface area contributed by atoms with E-state index in [0.29, 0.717) is 11.3 Å². The van der Waals surface area contributed by atoms with Gasteiger partial charge < -0.3 is 20.7 Å². The molecule has 0 aromatic heterocycles. The lowest BCUT2D eigenvalue weighted by Crippen LogP contribution is -2.48. The summed E-state index contributed by atoms with van der Waals surface area (Å²) in [7, 11) is 1.56. The van der Waals surface area contributed by atoms with Gasteiger partial charge in [-0.05, 0) is 50.6 Å². The summed E-state index contributed by atoms with van der Waals surface area (Å²) in [6.45, 7) is 3.06. The van der Waals surface area contributed by atoms with Crippen LogP contribution in [0.4, 0.5) is 4.79 Å². The van der Waals surface area contributed by atoms with Gasteiger partial charge in [-0.2, -0.15) is 0 Å². The van der Waals surface area contributed by atoms with E-state index in [1.54, 1.807) is 38.3 Å². The predicted octanol–water partition coefficient (Wildman–Crippen LogP) is 0.330. The van der Waals surface area contributed by atoms with Gasteiger partial charge in [0.25, 0.3) is 5.91 Å². The SMILES string of the molecule is COc1ccc(C2(C)NC(=O)N(CC(=O)NC3CCNCC3)C2=O)cc1. The van der Waals surface area contributed by atoms with Gasteiger partial charge in [-0.3, -0.25) is 14.5 Å². The molecule has 8 heteroatoms. The summed E-state index contributed by atoms with van der Waals surface area (Å²) in [5.74, 6) is -0.0974. The molecule has 4 amide bonds. The van der Waals surface area contributed by atoms with Crippen molar-refractivity contribution in [2.24, 2.45) is 0 Å². The fraction of sp³-hybridized carbons (Fsp3) is 0.500. The summed E-state index contributed by atoms with van der Waals surface area (Å²) in [6.07, 6.45) is 1.69. The van der Waals surface area contributed by atoms with Gasteiger partial charge in [0, 0.05) is 6.04 Å². The Bertz CT molecular complexity index is 700. The number of rotatable bonds is 5.